The summed E-state index contributed by atoms with van der Waals surface area (Å²) in [5.74, 6) is -0.0828. The van der Waals surface area contributed by atoms with Gasteiger partial charge in [-0.05, 0) is 18.2 Å². The monoisotopic (exact) mass is 542 g/mol. The molecule has 0 bridgehead atoms. The predicted molar refractivity (Wildman–Crippen MR) is 145 cm³/mol. The van der Waals surface area contributed by atoms with Crippen molar-refractivity contribution in [2.75, 3.05) is 19.5 Å². The largest absolute Gasteiger partial charge is 0.433 e. The first kappa shape index (κ1) is 24.4. The van der Waals surface area contributed by atoms with Crippen molar-refractivity contribution in [3.63, 3.8) is 0 Å². The Kier molecular flexibility index (Phi) is 5.50. The van der Waals surface area contributed by atoms with E-state index in [-0.39, 0.29) is 23.2 Å². The lowest BCUT2D eigenvalue weighted by Crippen LogP contribution is -2.67. The maximum absolute atomic E-state index is 13.6. The number of hydrogen-bond acceptors (Lipinski definition) is 8. The lowest BCUT2D eigenvalue weighted by atomic mass is 9.80. The Morgan fingerprint density at radius 1 is 0.974 bits per heavy atom. The summed E-state index contributed by atoms with van der Waals surface area (Å²) in [6, 6.07) is 21.5. The third-order valence-electron chi connectivity index (χ3n) is 7.07. The average Bonchev–Trinajstić information content (AvgIpc) is 3.60. The van der Waals surface area contributed by atoms with Crippen LogP contribution in [0.2, 0.25) is 0 Å². The summed E-state index contributed by atoms with van der Waals surface area (Å²) in [4.78, 5) is 46.1. The van der Waals surface area contributed by atoms with Crippen LogP contribution in [0.1, 0.15) is 16.9 Å². The van der Waals surface area contributed by atoms with Gasteiger partial charge in [-0.1, -0.05) is 78.1 Å². The summed E-state index contributed by atoms with van der Waals surface area (Å²) >= 11 is 1.17. The zero-order chi connectivity index (χ0) is 27.4. The molecule has 4 heterocycles. The molecule has 2 aromatic carbocycles. The van der Waals surface area contributed by atoms with Crippen molar-refractivity contribution in [1.29, 1.82) is 0 Å². The van der Waals surface area contributed by atoms with Crippen LogP contribution < -0.4 is 20.3 Å². The Hall–Kier alpha value is -4.97. The predicted octanol–water partition coefficient (Wildman–Crippen LogP) is 2.78. The van der Waals surface area contributed by atoms with Gasteiger partial charge in [-0.25, -0.2) is 9.79 Å². The Morgan fingerprint density at radius 2 is 1.64 bits per heavy atom. The van der Waals surface area contributed by atoms with Gasteiger partial charge in [-0.2, -0.15) is 4.68 Å². The van der Waals surface area contributed by atoms with Crippen molar-refractivity contribution in [2.24, 2.45) is 4.99 Å². The van der Waals surface area contributed by atoms with Crippen LogP contribution >= 0.6 is 11.3 Å². The van der Waals surface area contributed by atoms with Gasteiger partial charge in [-0.3, -0.25) is 30.1 Å². The van der Waals surface area contributed by atoms with E-state index in [1.165, 1.54) is 34.2 Å². The molecule has 11 nitrogen and oxygen atoms in total. The number of hydrogen-bond donors (Lipinski definition) is 1. The Morgan fingerprint density at radius 3 is 2.28 bits per heavy atom. The summed E-state index contributed by atoms with van der Waals surface area (Å²) in [5, 5.41) is 10.9. The van der Waals surface area contributed by atoms with Crippen LogP contribution in [0, 0.1) is 10.1 Å². The molecule has 2 aromatic heterocycles. The number of urea groups is 1. The van der Waals surface area contributed by atoms with Crippen LogP contribution in [0.4, 0.5) is 10.7 Å². The highest BCUT2D eigenvalue weighted by Gasteiger charge is 2.69. The molecule has 1 fully saturated rings. The molecule has 12 heteroatoms. The maximum atomic E-state index is 13.6. The molecule has 39 heavy (non-hydrogen) atoms. The highest BCUT2D eigenvalue weighted by Crippen LogP contribution is 2.53. The number of nitro groups is 1. The average molecular weight is 543 g/mol. The normalized spacial score (nSPS) is 22.5. The van der Waals surface area contributed by atoms with Gasteiger partial charge in [0.25, 0.3) is 5.56 Å². The minimum absolute atomic E-state index is 0.260. The van der Waals surface area contributed by atoms with Crippen molar-refractivity contribution < 1.29 is 14.1 Å². The molecular weight excluding hydrogens is 520 g/mol. The molecule has 0 radical (unpaired) electrons. The van der Waals surface area contributed by atoms with E-state index in [9.17, 15) is 19.7 Å². The second kappa shape index (κ2) is 8.81. The fourth-order valence-electron chi connectivity index (χ4n) is 5.29. The van der Waals surface area contributed by atoms with E-state index < -0.39 is 16.2 Å². The van der Waals surface area contributed by atoms with Gasteiger partial charge in [0.1, 0.15) is 10.7 Å². The molecule has 2 amide bonds. The topological polar surface area (TPSA) is 126 Å². The number of thiazole rings is 1. The van der Waals surface area contributed by atoms with E-state index >= 15 is 0 Å². The van der Waals surface area contributed by atoms with Crippen molar-refractivity contribution in [1.82, 2.24) is 14.5 Å². The number of nitrogens with zero attached hydrogens (tertiary/aromatic N) is 5. The molecule has 6 rings (SSSR count). The van der Waals surface area contributed by atoms with E-state index in [0.29, 0.717) is 9.33 Å². The van der Waals surface area contributed by atoms with Crippen molar-refractivity contribution >= 4 is 35.4 Å². The van der Waals surface area contributed by atoms with Gasteiger partial charge in [0.2, 0.25) is 16.1 Å². The van der Waals surface area contributed by atoms with Crippen LogP contribution in [0.15, 0.2) is 93.1 Å². The number of nitrogens with one attached hydrogen (secondary N) is 1. The zero-order valence-corrected chi connectivity index (χ0v) is 21.7. The minimum atomic E-state index is -1.25. The number of fused-ring (bicyclic) bond motifs is 2. The van der Waals surface area contributed by atoms with Crippen LogP contribution in [-0.2, 0) is 11.3 Å². The highest BCUT2D eigenvalue weighted by atomic mass is 32.1. The van der Waals surface area contributed by atoms with Crippen LogP contribution in [-0.4, -0.2) is 39.5 Å². The molecular formula is C27H22N6O5S. The first-order valence-corrected chi connectivity index (χ1v) is 12.8. The van der Waals surface area contributed by atoms with Gasteiger partial charge in [0.15, 0.2) is 0 Å². The lowest BCUT2D eigenvalue weighted by molar-refractivity contribution is -0.402. The highest BCUT2D eigenvalue weighted by molar-refractivity contribution is 7.07. The number of carbonyl (C=O) groups is 1. The molecule has 2 aliphatic heterocycles. The smallest absolute Gasteiger partial charge is 0.401 e. The number of allylic oxidation sites excluding steroid dienone is 1. The fraction of sp³-hybridized carbons (Fsp3) is 0.148. The molecule has 4 aromatic rings. The zero-order valence-electron chi connectivity index (χ0n) is 20.8. The van der Waals surface area contributed by atoms with Gasteiger partial charge in [-0.15, -0.1) is 0 Å². The first-order valence-electron chi connectivity index (χ1n) is 11.9. The summed E-state index contributed by atoms with van der Waals surface area (Å²) < 4.78 is 6.89. The minimum Gasteiger partial charge on any atom is -0.401 e. The first-order chi connectivity index (χ1) is 18.8. The van der Waals surface area contributed by atoms with E-state index in [1.807, 2.05) is 60.7 Å². The number of amides is 2. The maximum Gasteiger partial charge on any atom is 0.433 e. The van der Waals surface area contributed by atoms with Crippen molar-refractivity contribution in [3.8, 4) is 0 Å². The van der Waals surface area contributed by atoms with Crippen molar-refractivity contribution in [2.45, 2.75) is 11.3 Å². The number of aromatic nitrogens is 1. The van der Waals surface area contributed by atoms with Gasteiger partial charge >= 0.3 is 11.9 Å². The number of carbonyl (C=O) groups excluding carboxylic acids is 1. The number of benzene rings is 2. The molecule has 0 aliphatic carbocycles. The second-order valence-electron chi connectivity index (χ2n) is 9.09. The third-order valence-corrected chi connectivity index (χ3v) is 8.06. The Labute approximate surface area is 225 Å². The summed E-state index contributed by atoms with van der Waals surface area (Å²) in [6.45, 7) is 0. The van der Waals surface area contributed by atoms with E-state index in [1.54, 1.807) is 36.0 Å². The number of rotatable bonds is 5. The number of furan rings is 1. The van der Waals surface area contributed by atoms with E-state index in [0.717, 1.165) is 11.1 Å². The van der Waals surface area contributed by atoms with Crippen molar-refractivity contribution in [3.05, 3.63) is 126 Å². The summed E-state index contributed by atoms with van der Waals surface area (Å²) in [6.07, 6.45) is 4.72. The second-order valence-corrected chi connectivity index (χ2v) is 10.1. The van der Waals surface area contributed by atoms with Crippen LogP contribution in [0.3, 0.4) is 0 Å². The van der Waals surface area contributed by atoms with Gasteiger partial charge in [0.05, 0.1) is 10.6 Å². The standard InChI is InChI=1S/C27H22N6O5S/c1-30-25(35)31(2)27(19-12-7-4-8-13-19)26(30,18-10-5-3-6-11-18)28-24-32(29-27)23(34)21(39-24)15-9-14-20-16-17-22(38-20)33(36)37/h3-17,29H,1-2H3/b14-9-,21-15-/t26-,27-/m1/s1. The Bertz CT molecular complexity index is 1810. The molecule has 0 spiro atoms. The lowest BCUT2D eigenvalue weighted by Gasteiger charge is -2.49. The molecule has 2 aliphatic rings. The van der Waals surface area contributed by atoms with Crippen LogP contribution in [0.25, 0.3) is 12.2 Å². The third kappa shape index (κ3) is 3.38. The van der Waals surface area contributed by atoms with Gasteiger partial charge in [0, 0.05) is 25.2 Å². The number of likely N-dealkylation sites (N-methyl/N-ethyl adjacent to an activating group) is 2. The summed E-state index contributed by atoms with van der Waals surface area (Å²) in [7, 11) is 3.40. The Balaban J connectivity index is 1.57. The molecule has 0 saturated carbocycles. The molecule has 0 unspecified atom stereocenters. The molecule has 196 valence electrons. The fourth-order valence-corrected chi connectivity index (χ4v) is 6.21. The van der Waals surface area contributed by atoms with E-state index in [4.69, 9.17) is 9.41 Å². The molecule has 1 N–H and O–H groups in total. The van der Waals surface area contributed by atoms with E-state index in [2.05, 4.69) is 5.43 Å². The quantitative estimate of drug-likeness (QED) is 0.305. The van der Waals surface area contributed by atoms with Gasteiger partial charge < -0.3 is 4.42 Å². The molecule has 2 atom stereocenters. The molecule has 1 saturated heterocycles. The summed E-state index contributed by atoms with van der Waals surface area (Å²) in [5.41, 5.74) is 2.10. The van der Waals surface area contributed by atoms with Crippen LogP contribution in [0.5, 0.6) is 0 Å². The SMILES string of the molecule is CN1C(=O)N(C)[C@@]2(c3ccccc3)Nn3c(s/c(=C\C=C/c4ccc([N+](=O)[O-])o4)c3=O)=N[C@]12c1ccccc1.